The second kappa shape index (κ2) is 5.60. The van der Waals surface area contributed by atoms with Gasteiger partial charge in [-0.2, -0.15) is 0 Å². The molecular weight excluding hydrogens is 314 g/mol. The van der Waals surface area contributed by atoms with Gasteiger partial charge in [0.2, 0.25) is 0 Å². The van der Waals surface area contributed by atoms with Crippen LogP contribution in [0.3, 0.4) is 0 Å². The van der Waals surface area contributed by atoms with Crippen LogP contribution in [-0.2, 0) is 14.4 Å². The average molecular weight is 341 g/mol. The number of hydrogen-bond acceptors (Lipinski definition) is 4. The molecule has 5 atom stereocenters. The van der Waals surface area contributed by atoms with Crippen molar-refractivity contribution in [1.29, 1.82) is 0 Å². The predicted octanol–water partition coefficient (Wildman–Crippen LogP) is 2.89. The first-order valence-electron chi connectivity index (χ1n) is 8.86. The van der Waals surface area contributed by atoms with E-state index in [2.05, 4.69) is 24.6 Å². The summed E-state index contributed by atoms with van der Waals surface area (Å²) in [5, 5.41) is 0. The number of carbonyl (C=O) groups excluding carboxylic acids is 3. The molecule has 0 amide bonds. The maximum absolute atomic E-state index is 13.5. The molecule has 4 bridgehead atoms. The molecule has 0 spiro atoms. The van der Waals surface area contributed by atoms with E-state index in [4.69, 9.17) is 0 Å². The minimum Gasteiger partial charge on any atom is -0.298 e. The van der Waals surface area contributed by atoms with Crippen LogP contribution in [0.1, 0.15) is 40.0 Å². The Hall–Kier alpha value is -1.81. The lowest BCUT2D eigenvalue weighted by Crippen LogP contribution is -2.80. The molecule has 4 nitrogen and oxygen atoms in total. The fourth-order valence-corrected chi connectivity index (χ4v) is 5.32. The van der Waals surface area contributed by atoms with Crippen LogP contribution in [-0.4, -0.2) is 41.4 Å². The van der Waals surface area contributed by atoms with Gasteiger partial charge in [-0.15, -0.1) is 19.7 Å². The molecule has 0 aromatic heterocycles. The first-order chi connectivity index (χ1) is 11.5. The van der Waals surface area contributed by atoms with Gasteiger partial charge in [0.1, 0.15) is 10.8 Å². The number of nitrogens with zero attached hydrogens (tertiary/aromatic N) is 1. The monoisotopic (exact) mass is 341 g/mol. The first kappa shape index (κ1) is 18.0. The van der Waals surface area contributed by atoms with Gasteiger partial charge >= 0.3 is 0 Å². The molecular formula is C21H27NO3. The standard InChI is InChI=1S/C21H27NO3/c1-12(2)7-15-16-17(23)20(8-13(3)4)10-22(15)11-21(18(16)24,19(20)25)9-14(5)6/h15-16H,1,3,5,7-11H2,2,4,6H3/t15?,16?,20-,21+. The van der Waals surface area contributed by atoms with Crippen molar-refractivity contribution in [3.8, 4) is 0 Å². The van der Waals surface area contributed by atoms with Crippen molar-refractivity contribution in [2.75, 3.05) is 13.1 Å². The molecule has 4 heteroatoms. The van der Waals surface area contributed by atoms with Gasteiger partial charge in [0.15, 0.2) is 17.3 Å². The second-order valence-electron chi connectivity index (χ2n) is 8.60. The first-order valence-corrected chi connectivity index (χ1v) is 8.86. The van der Waals surface area contributed by atoms with E-state index >= 15 is 0 Å². The highest BCUT2D eigenvalue weighted by molar-refractivity contribution is 6.31. The van der Waals surface area contributed by atoms with Crippen molar-refractivity contribution in [1.82, 2.24) is 4.90 Å². The molecule has 3 unspecified atom stereocenters. The third-order valence-electron chi connectivity index (χ3n) is 5.94. The highest BCUT2D eigenvalue weighted by atomic mass is 16.2. The van der Waals surface area contributed by atoms with Gasteiger partial charge in [-0.05, 0) is 40.0 Å². The molecule has 134 valence electrons. The van der Waals surface area contributed by atoms with Crippen molar-refractivity contribution in [2.24, 2.45) is 16.7 Å². The Kier molecular flexibility index (Phi) is 4.03. The van der Waals surface area contributed by atoms with Crippen LogP contribution in [0.4, 0.5) is 0 Å². The van der Waals surface area contributed by atoms with E-state index < -0.39 is 16.7 Å². The van der Waals surface area contributed by atoms with Crippen LogP contribution in [0.5, 0.6) is 0 Å². The summed E-state index contributed by atoms with van der Waals surface area (Å²) in [6.07, 6.45) is 1.29. The van der Waals surface area contributed by atoms with E-state index in [1.165, 1.54) is 0 Å². The molecule has 4 fully saturated rings. The van der Waals surface area contributed by atoms with Gasteiger partial charge in [0, 0.05) is 19.1 Å². The summed E-state index contributed by atoms with van der Waals surface area (Å²) in [6.45, 7) is 18.2. The van der Waals surface area contributed by atoms with Crippen molar-refractivity contribution in [3.05, 3.63) is 36.5 Å². The highest BCUT2D eigenvalue weighted by Crippen LogP contribution is 2.57. The SMILES string of the molecule is C=C(C)CC1C2C(=O)[C@]3(CC(=C)C)CN1C[C@](CC(=C)C)(C2=O)C3=O. The Balaban J connectivity index is 2.15. The van der Waals surface area contributed by atoms with Gasteiger partial charge < -0.3 is 0 Å². The molecule has 0 aromatic carbocycles. The topological polar surface area (TPSA) is 54.5 Å². The Morgan fingerprint density at radius 2 is 1.36 bits per heavy atom. The fourth-order valence-electron chi connectivity index (χ4n) is 5.32. The van der Waals surface area contributed by atoms with Crippen molar-refractivity contribution in [3.63, 3.8) is 0 Å². The maximum Gasteiger partial charge on any atom is 0.163 e. The molecule has 0 aromatic rings. The van der Waals surface area contributed by atoms with E-state index in [-0.39, 0.29) is 23.4 Å². The lowest BCUT2D eigenvalue weighted by molar-refractivity contribution is -0.188. The zero-order valence-corrected chi connectivity index (χ0v) is 15.5. The van der Waals surface area contributed by atoms with Gasteiger partial charge in [0.25, 0.3) is 0 Å². The van der Waals surface area contributed by atoms with E-state index in [0.29, 0.717) is 32.4 Å². The van der Waals surface area contributed by atoms with E-state index in [9.17, 15) is 14.4 Å². The van der Waals surface area contributed by atoms with Crippen LogP contribution in [0.25, 0.3) is 0 Å². The zero-order chi connectivity index (χ0) is 18.7. The quantitative estimate of drug-likeness (QED) is 0.551. The summed E-state index contributed by atoms with van der Waals surface area (Å²) >= 11 is 0. The maximum atomic E-state index is 13.5. The number of ketones is 3. The van der Waals surface area contributed by atoms with Crippen molar-refractivity contribution >= 4 is 17.3 Å². The number of allylic oxidation sites excluding steroid dienone is 2. The largest absolute Gasteiger partial charge is 0.298 e. The Morgan fingerprint density at radius 3 is 1.72 bits per heavy atom. The normalized spacial score (nSPS) is 39.0. The lowest BCUT2D eigenvalue weighted by Gasteiger charge is -2.62. The molecule has 0 radical (unpaired) electrons. The summed E-state index contributed by atoms with van der Waals surface area (Å²) in [6, 6.07) is -0.165. The molecule has 3 heterocycles. The van der Waals surface area contributed by atoms with Gasteiger partial charge in [0.05, 0.1) is 5.92 Å². The van der Waals surface area contributed by atoms with Crippen molar-refractivity contribution in [2.45, 2.75) is 46.1 Å². The summed E-state index contributed by atoms with van der Waals surface area (Å²) in [5.74, 6) is -1.30. The summed E-state index contributed by atoms with van der Waals surface area (Å²) < 4.78 is 0. The summed E-state index contributed by atoms with van der Waals surface area (Å²) in [7, 11) is 0. The Labute approximate surface area is 149 Å². The third kappa shape index (κ3) is 2.34. The van der Waals surface area contributed by atoms with Gasteiger partial charge in [-0.1, -0.05) is 16.7 Å². The summed E-state index contributed by atoms with van der Waals surface area (Å²) in [4.78, 5) is 42.3. The number of carbonyl (C=O) groups is 3. The summed E-state index contributed by atoms with van der Waals surface area (Å²) in [5.41, 5.74) is 0.346. The molecule has 1 saturated carbocycles. The highest BCUT2D eigenvalue weighted by Gasteiger charge is 2.74. The Bertz CT molecular complexity index is 685. The Morgan fingerprint density at radius 1 is 0.920 bits per heavy atom. The van der Waals surface area contributed by atoms with Crippen LogP contribution < -0.4 is 0 Å². The van der Waals surface area contributed by atoms with Crippen molar-refractivity contribution < 1.29 is 14.4 Å². The van der Waals surface area contributed by atoms with Crippen LogP contribution in [0, 0.1) is 16.7 Å². The molecule has 0 N–H and O–H groups in total. The minimum atomic E-state index is -1.11. The van der Waals surface area contributed by atoms with Crippen LogP contribution in [0.2, 0.25) is 0 Å². The third-order valence-corrected chi connectivity index (χ3v) is 5.94. The fraction of sp³-hybridized carbons (Fsp3) is 0.571. The molecule has 4 aliphatic rings. The lowest BCUT2D eigenvalue weighted by atomic mass is 9.46. The van der Waals surface area contributed by atoms with E-state index in [1.54, 1.807) is 0 Å². The zero-order valence-electron chi connectivity index (χ0n) is 15.5. The van der Waals surface area contributed by atoms with Gasteiger partial charge in [-0.25, -0.2) is 0 Å². The number of piperidine rings is 3. The smallest absolute Gasteiger partial charge is 0.163 e. The van der Waals surface area contributed by atoms with Crippen LogP contribution in [0.15, 0.2) is 36.5 Å². The predicted molar refractivity (Wildman–Crippen MR) is 97.0 cm³/mol. The minimum absolute atomic E-state index is 0.165. The number of rotatable bonds is 6. The molecule has 25 heavy (non-hydrogen) atoms. The second-order valence-corrected chi connectivity index (χ2v) is 8.60. The van der Waals surface area contributed by atoms with Crippen LogP contribution >= 0.6 is 0 Å². The molecule has 4 rings (SSSR count). The van der Waals surface area contributed by atoms with E-state index in [0.717, 1.165) is 16.7 Å². The average Bonchev–Trinajstić information content (AvgIpc) is 2.46. The molecule has 3 aliphatic heterocycles. The van der Waals surface area contributed by atoms with Gasteiger partial charge in [-0.3, -0.25) is 19.3 Å². The molecule has 3 saturated heterocycles. The number of Topliss-reactive ketones (excluding diaryl/α,β-unsaturated/α-hetero) is 3. The molecule has 1 aliphatic carbocycles. The number of hydrogen-bond donors (Lipinski definition) is 0. The van der Waals surface area contributed by atoms with E-state index in [1.807, 2.05) is 20.8 Å².